The van der Waals surface area contributed by atoms with Crippen molar-refractivity contribution >= 4 is 34.1 Å². The molecule has 1 aliphatic heterocycles. The van der Waals surface area contributed by atoms with Crippen LogP contribution in [0.15, 0.2) is 28.2 Å². The van der Waals surface area contributed by atoms with Gasteiger partial charge in [-0.15, -0.1) is 11.3 Å². The second-order valence-corrected chi connectivity index (χ2v) is 6.68. The summed E-state index contributed by atoms with van der Waals surface area (Å²) < 4.78 is 10.5. The maximum Gasteiger partial charge on any atom is 0.341 e. The standard InChI is InChI=1S/C17H19N3O5S/c1-2-24-17(23)15-11(12-4-3-7-25-12)10-26-16(15)19-14(22)9-20-6-5-18-13(21)8-20/h3-4,7,10H,2,5-6,8-9H2,1H3,(H,18,21)(H,19,22)/p+1. The molecule has 1 unspecified atom stereocenters. The van der Waals surface area contributed by atoms with Gasteiger partial charge in [0, 0.05) is 10.9 Å². The molecule has 3 rings (SSSR count). The first-order valence-electron chi connectivity index (χ1n) is 8.31. The first kappa shape index (κ1) is 18.2. The zero-order valence-electron chi connectivity index (χ0n) is 14.3. The second kappa shape index (κ2) is 8.15. The van der Waals surface area contributed by atoms with Gasteiger partial charge in [0.15, 0.2) is 13.1 Å². The lowest BCUT2D eigenvalue weighted by Crippen LogP contribution is -3.16. The molecular formula is C17H20N3O5S+. The van der Waals surface area contributed by atoms with E-state index in [4.69, 9.17) is 9.15 Å². The number of hydrogen-bond donors (Lipinski definition) is 3. The summed E-state index contributed by atoms with van der Waals surface area (Å²) in [6.07, 6.45) is 1.52. The molecule has 1 fully saturated rings. The average molecular weight is 378 g/mol. The van der Waals surface area contributed by atoms with Gasteiger partial charge >= 0.3 is 5.97 Å². The molecule has 3 heterocycles. The van der Waals surface area contributed by atoms with Crippen LogP contribution in [0.25, 0.3) is 11.3 Å². The molecule has 8 nitrogen and oxygen atoms in total. The predicted molar refractivity (Wildman–Crippen MR) is 95.2 cm³/mol. The van der Waals surface area contributed by atoms with Crippen LogP contribution in [0.1, 0.15) is 17.3 Å². The summed E-state index contributed by atoms with van der Waals surface area (Å²) in [5.74, 6) is -0.307. The van der Waals surface area contributed by atoms with Crippen LogP contribution in [0.2, 0.25) is 0 Å². The van der Waals surface area contributed by atoms with E-state index in [0.717, 1.165) is 4.90 Å². The lowest BCUT2D eigenvalue weighted by atomic mass is 10.1. The Bertz CT molecular complexity index is 799. The summed E-state index contributed by atoms with van der Waals surface area (Å²) in [4.78, 5) is 37.1. The molecule has 0 spiro atoms. The van der Waals surface area contributed by atoms with Crippen LogP contribution in [0.5, 0.6) is 0 Å². The average Bonchev–Trinajstić information content (AvgIpc) is 3.24. The van der Waals surface area contributed by atoms with Crippen LogP contribution in [-0.4, -0.2) is 50.6 Å². The Morgan fingerprint density at radius 3 is 3.00 bits per heavy atom. The third-order valence-electron chi connectivity index (χ3n) is 3.93. The van der Waals surface area contributed by atoms with Crippen molar-refractivity contribution in [3.8, 4) is 11.3 Å². The fourth-order valence-electron chi connectivity index (χ4n) is 2.77. The normalized spacial score (nSPS) is 16.8. The fourth-order valence-corrected chi connectivity index (χ4v) is 3.73. The minimum absolute atomic E-state index is 0.0671. The number of piperazine rings is 1. The Balaban J connectivity index is 1.77. The zero-order chi connectivity index (χ0) is 18.5. The van der Waals surface area contributed by atoms with Gasteiger partial charge < -0.3 is 24.7 Å². The van der Waals surface area contributed by atoms with Crippen LogP contribution in [-0.2, 0) is 14.3 Å². The number of rotatable bonds is 6. The maximum atomic E-state index is 12.4. The molecule has 0 radical (unpaired) electrons. The Morgan fingerprint density at radius 1 is 1.46 bits per heavy atom. The van der Waals surface area contributed by atoms with Crippen molar-refractivity contribution < 1.29 is 28.4 Å². The lowest BCUT2D eigenvalue weighted by Gasteiger charge is -2.22. The highest BCUT2D eigenvalue weighted by molar-refractivity contribution is 7.15. The van der Waals surface area contributed by atoms with Crippen molar-refractivity contribution in [2.75, 3.05) is 38.1 Å². The number of thiophene rings is 1. The molecule has 26 heavy (non-hydrogen) atoms. The van der Waals surface area contributed by atoms with E-state index >= 15 is 0 Å². The molecule has 2 aromatic rings. The van der Waals surface area contributed by atoms with Crippen molar-refractivity contribution in [2.45, 2.75) is 6.92 Å². The van der Waals surface area contributed by atoms with E-state index in [1.807, 2.05) is 0 Å². The maximum absolute atomic E-state index is 12.4. The topological polar surface area (TPSA) is 102 Å². The Labute approximate surface area is 154 Å². The van der Waals surface area contributed by atoms with Gasteiger partial charge in [-0.2, -0.15) is 0 Å². The van der Waals surface area contributed by atoms with Crippen molar-refractivity contribution in [3.63, 3.8) is 0 Å². The number of amides is 2. The molecule has 2 aromatic heterocycles. The molecular weight excluding hydrogens is 358 g/mol. The first-order valence-corrected chi connectivity index (χ1v) is 9.19. The van der Waals surface area contributed by atoms with Gasteiger partial charge in [-0.1, -0.05) is 0 Å². The largest absolute Gasteiger partial charge is 0.464 e. The lowest BCUT2D eigenvalue weighted by molar-refractivity contribution is -0.885. The second-order valence-electron chi connectivity index (χ2n) is 5.80. The zero-order valence-corrected chi connectivity index (χ0v) is 15.1. The van der Waals surface area contributed by atoms with E-state index in [9.17, 15) is 14.4 Å². The summed E-state index contributed by atoms with van der Waals surface area (Å²) in [6, 6.07) is 3.47. The summed E-state index contributed by atoms with van der Waals surface area (Å²) in [7, 11) is 0. The summed E-state index contributed by atoms with van der Waals surface area (Å²) in [5, 5.41) is 7.68. The van der Waals surface area contributed by atoms with E-state index < -0.39 is 5.97 Å². The van der Waals surface area contributed by atoms with Crippen LogP contribution < -0.4 is 15.5 Å². The monoisotopic (exact) mass is 378 g/mol. The minimum Gasteiger partial charge on any atom is -0.464 e. The Kier molecular flexibility index (Phi) is 5.69. The van der Waals surface area contributed by atoms with Crippen LogP contribution >= 0.6 is 11.3 Å². The minimum atomic E-state index is -0.514. The van der Waals surface area contributed by atoms with Crippen LogP contribution in [0.4, 0.5) is 5.00 Å². The van der Waals surface area contributed by atoms with Gasteiger partial charge in [0.25, 0.3) is 11.8 Å². The number of carbonyl (C=O) groups is 3. The van der Waals surface area contributed by atoms with E-state index in [1.54, 1.807) is 24.4 Å². The van der Waals surface area contributed by atoms with Crippen molar-refractivity contribution in [2.24, 2.45) is 0 Å². The predicted octanol–water partition coefficient (Wildman–Crippen LogP) is 0.138. The highest BCUT2D eigenvalue weighted by Gasteiger charge is 2.26. The summed E-state index contributed by atoms with van der Waals surface area (Å²) >= 11 is 1.24. The molecule has 138 valence electrons. The van der Waals surface area contributed by atoms with E-state index in [1.165, 1.54) is 17.6 Å². The van der Waals surface area contributed by atoms with Gasteiger partial charge in [0.1, 0.15) is 16.3 Å². The Hall–Kier alpha value is -2.65. The molecule has 0 bridgehead atoms. The van der Waals surface area contributed by atoms with E-state index in [2.05, 4.69) is 10.6 Å². The highest BCUT2D eigenvalue weighted by Crippen LogP contribution is 2.36. The summed E-state index contributed by atoms with van der Waals surface area (Å²) in [6.45, 7) is 3.61. The number of hydrogen-bond acceptors (Lipinski definition) is 6. The number of nitrogens with one attached hydrogen (secondary N) is 3. The van der Waals surface area contributed by atoms with Crippen LogP contribution in [0, 0.1) is 0 Å². The number of anilines is 1. The molecule has 0 aromatic carbocycles. The van der Waals surface area contributed by atoms with E-state index in [-0.39, 0.29) is 37.1 Å². The number of ether oxygens (including phenoxy) is 1. The molecule has 0 aliphatic carbocycles. The molecule has 1 saturated heterocycles. The molecule has 1 atom stereocenters. The number of esters is 1. The SMILES string of the molecule is CCOC(=O)c1c(-c2ccco2)csc1NC(=O)C[NH+]1CCNC(=O)C1. The van der Waals surface area contributed by atoms with Gasteiger partial charge in [0.2, 0.25) is 0 Å². The quantitative estimate of drug-likeness (QED) is 0.621. The van der Waals surface area contributed by atoms with Gasteiger partial charge in [-0.3, -0.25) is 9.59 Å². The van der Waals surface area contributed by atoms with Crippen molar-refractivity contribution in [1.29, 1.82) is 0 Å². The third kappa shape index (κ3) is 4.12. The summed E-state index contributed by atoms with van der Waals surface area (Å²) in [5.41, 5.74) is 0.866. The molecule has 1 aliphatic rings. The van der Waals surface area contributed by atoms with Gasteiger partial charge in [-0.05, 0) is 19.1 Å². The number of furan rings is 1. The van der Waals surface area contributed by atoms with Gasteiger partial charge in [-0.25, -0.2) is 4.79 Å². The van der Waals surface area contributed by atoms with Crippen LogP contribution in [0.3, 0.4) is 0 Å². The van der Waals surface area contributed by atoms with E-state index in [0.29, 0.717) is 29.4 Å². The number of quaternary nitrogens is 1. The van der Waals surface area contributed by atoms with Crippen molar-refractivity contribution in [3.05, 3.63) is 29.3 Å². The fraction of sp³-hybridized carbons (Fsp3) is 0.353. The van der Waals surface area contributed by atoms with Gasteiger partial charge in [0.05, 0.1) is 26.0 Å². The molecule has 3 N–H and O–H groups in total. The third-order valence-corrected chi connectivity index (χ3v) is 4.83. The molecule has 2 amide bonds. The first-order chi connectivity index (χ1) is 12.6. The molecule has 0 saturated carbocycles. The highest BCUT2D eigenvalue weighted by atomic mass is 32.1. The van der Waals surface area contributed by atoms with Crippen molar-refractivity contribution in [1.82, 2.24) is 5.32 Å². The number of carbonyl (C=O) groups excluding carboxylic acids is 3. The molecule has 9 heteroatoms. The smallest absolute Gasteiger partial charge is 0.341 e. The Morgan fingerprint density at radius 2 is 2.31 bits per heavy atom.